The molecule has 0 spiro atoms. The molecule has 0 aliphatic rings. The summed E-state index contributed by atoms with van der Waals surface area (Å²) in [5, 5.41) is 0. The van der Waals surface area contributed by atoms with Gasteiger partial charge in [0.2, 0.25) is 0 Å². The molecule has 122 valence electrons. The molecule has 0 bridgehead atoms. The topological polar surface area (TPSA) is 12.4 Å². The van der Waals surface area contributed by atoms with Crippen molar-refractivity contribution in [3.8, 4) is 0 Å². The van der Waals surface area contributed by atoms with E-state index < -0.39 is 16.1 Å². The van der Waals surface area contributed by atoms with Crippen LogP contribution < -0.4 is 0 Å². The minimum atomic E-state index is -1.12. The van der Waals surface area contributed by atoms with E-state index in [2.05, 4.69) is 62.0 Å². The molecule has 0 amide bonds. The minimum Gasteiger partial charge on any atom is -0.298 e. The first kappa shape index (κ1) is 20.6. The molecular weight excluding hydrogens is 286 g/mol. The Bertz CT molecular complexity index is 319. The summed E-state index contributed by atoms with van der Waals surface area (Å²) < 4.78 is 0. The van der Waals surface area contributed by atoms with Crippen LogP contribution in [0.5, 0.6) is 0 Å². The average Bonchev–Trinajstić information content (AvgIpc) is 2.44. The van der Waals surface area contributed by atoms with E-state index in [0.717, 1.165) is 13.0 Å². The van der Waals surface area contributed by atoms with Crippen molar-refractivity contribution >= 4 is 22.4 Å². The van der Waals surface area contributed by atoms with E-state index in [4.69, 9.17) is 0 Å². The van der Waals surface area contributed by atoms with Crippen LogP contribution in [0.2, 0.25) is 38.3 Å². The van der Waals surface area contributed by atoms with Gasteiger partial charge in [-0.05, 0) is 25.1 Å². The van der Waals surface area contributed by atoms with E-state index in [1.54, 1.807) is 0 Å². The van der Waals surface area contributed by atoms with Gasteiger partial charge >= 0.3 is 0 Å². The van der Waals surface area contributed by atoms with Crippen LogP contribution >= 0.6 is 0 Å². The lowest BCUT2D eigenvalue weighted by Crippen LogP contribution is -2.21. The van der Waals surface area contributed by atoms with E-state index in [9.17, 15) is 0 Å². The summed E-state index contributed by atoms with van der Waals surface area (Å²) >= 11 is 0. The maximum absolute atomic E-state index is 4.54. The Hall–Kier alpha value is -0.416. The molecule has 0 aromatic heterocycles. The van der Waals surface area contributed by atoms with E-state index in [1.165, 1.54) is 44.2 Å². The van der Waals surface area contributed by atoms with Gasteiger partial charge in [0.25, 0.3) is 0 Å². The van der Waals surface area contributed by atoms with Crippen molar-refractivity contribution in [1.29, 1.82) is 0 Å². The Kier molecular flexibility index (Phi) is 11.0. The maximum Gasteiger partial charge on any atom is 0.0713 e. The molecule has 0 aliphatic heterocycles. The van der Waals surface area contributed by atoms with Gasteiger partial charge in [-0.3, -0.25) is 4.99 Å². The van der Waals surface area contributed by atoms with Crippen molar-refractivity contribution in [2.24, 2.45) is 4.99 Å². The first-order valence-electron chi connectivity index (χ1n) is 8.58. The molecule has 0 aliphatic carbocycles. The van der Waals surface area contributed by atoms with Crippen molar-refractivity contribution in [2.45, 2.75) is 76.8 Å². The van der Waals surface area contributed by atoms with Crippen LogP contribution in [-0.4, -0.2) is 28.9 Å². The predicted molar refractivity (Wildman–Crippen MR) is 106 cm³/mol. The fourth-order valence-electron chi connectivity index (χ4n) is 2.14. The van der Waals surface area contributed by atoms with Crippen LogP contribution in [0.1, 0.15) is 38.5 Å². The molecule has 0 radical (unpaired) electrons. The second kappa shape index (κ2) is 11.2. The van der Waals surface area contributed by atoms with Gasteiger partial charge in [-0.2, -0.15) is 0 Å². The summed E-state index contributed by atoms with van der Waals surface area (Å²) in [6.45, 7) is 18.5. The van der Waals surface area contributed by atoms with Crippen LogP contribution in [0.3, 0.4) is 0 Å². The molecule has 1 nitrogen and oxygen atoms in total. The fourth-order valence-corrected chi connectivity index (χ4v) is 4.58. The summed E-state index contributed by atoms with van der Waals surface area (Å²) in [7, 11) is -2.17. The highest BCUT2D eigenvalue weighted by molar-refractivity contribution is 6.82. The summed E-state index contributed by atoms with van der Waals surface area (Å²) in [5.74, 6) is 0. The van der Waals surface area contributed by atoms with Crippen molar-refractivity contribution < 1.29 is 0 Å². The normalized spacial score (nSPS) is 12.8. The van der Waals surface area contributed by atoms with E-state index in [-0.39, 0.29) is 0 Å². The van der Waals surface area contributed by atoms with Gasteiger partial charge in [0.05, 0.1) is 16.1 Å². The summed E-state index contributed by atoms with van der Waals surface area (Å²) in [4.78, 5) is 4.54. The van der Waals surface area contributed by atoms with Crippen molar-refractivity contribution in [3.63, 3.8) is 0 Å². The Morgan fingerprint density at radius 1 is 0.762 bits per heavy atom. The molecule has 0 rings (SSSR count). The van der Waals surface area contributed by atoms with Crippen LogP contribution in [0, 0.1) is 0 Å². The quantitative estimate of drug-likeness (QED) is 0.215. The Balaban J connectivity index is 3.41. The monoisotopic (exact) mass is 323 g/mol. The van der Waals surface area contributed by atoms with Crippen molar-refractivity contribution in [2.75, 3.05) is 6.54 Å². The Morgan fingerprint density at radius 2 is 1.29 bits per heavy atom. The summed E-state index contributed by atoms with van der Waals surface area (Å²) in [5.41, 5.74) is 4.40. The molecule has 0 saturated carbocycles. The zero-order chi connectivity index (χ0) is 16.2. The first-order chi connectivity index (χ1) is 9.83. The van der Waals surface area contributed by atoms with Gasteiger partial charge < -0.3 is 0 Å². The molecule has 0 N–H and O–H groups in total. The molecule has 0 aromatic carbocycles. The highest BCUT2D eigenvalue weighted by Crippen LogP contribution is 2.16. The van der Waals surface area contributed by atoms with Gasteiger partial charge in [-0.1, -0.05) is 57.9 Å². The third-order valence-electron chi connectivity index (χ3n) is 4.26. The third-order valence-corrected chi connectivity index (χ3v) is 9.69. The number of hydrogen-bond acceptors (Lipinski definition) is 1. The highest BCUT2D eigenvalue weighted by atomic mass is 28.3. The van der Waals surface area contributed by atoms with Gasteiger partial charge in [0, 0.05) is 6.54 Å². The number of unbranched alkanes of at least 4 members (excludes halogenated alkanes) is 4. The molecule has 0 heterocycles. The molecule has 0 atom stereocenters. The number of nitrogens with zero attached hydrogens (tertiary/aromatic N) is 1. The van der Waals surface area contributed by atoms with E-state index in [1.807, 2.05) is 0 Å². The second-order valence-corrected chi connectivity index (χ2v) is 17.3. The third kappa shape index (κ3) is 13.0. The molecule has 0 saturated heterocycles. The largest absolute Gasteiger partial charge is 0.298 e. The van der Waals surface area contributed by atoms with Gasteiger partial charge in [-0.25, -0.2) is 0 Å². The lowest BCUT2D eigenvalue weighted by molar-refractivity contribution is 0.636. The van der Waals surface area contributed by atoms with Crippen molar-refractivity contribution in [1.82, 2.24) is 0 Å². The lowest BCUT2D eigenvalue weighted by Gasteiger charge is -2.16. The number of aliphatic imine (C=N–C) groups is 1. The van der Waals surface area contributed by atoms with Gasteiger partial charge in [0.1, 0.15) is 0 Å². The van der Waals surface area contributed by atoms with Crippen LogP contribution in [0.4, 0.5) is 0 Å². The minimum absolute atomic E-state index is 1.02. The van der Waals surface area contributed by atoms with E-state index >= 15 is 0 Å². The standard InChI is InChI=1S/C18H37NSi2/c1-7-20(3,4)17-13-11-9-10-12-15-19-16-14-18-21(5,6)8-2/h7-8,16H,1-2,9-15,17-18H2,3-6H3. The highest BCUT2D eigenvalue weighted by Gasteiger charge is 2.14. The molecule has 21 heavy (non-hydrogen) atoms. The fraction of sp³-hybridized carbons (Fsp3) is 0.722. The Labute approximate surface area is 135 Å². The van der Waals surface area contributed by atoms with Gasteiger partial charge in [0.15, 0.2) is 0 Å². The first-order valence-corrected chi connectivity index (χ1v) is 15.2. The Morgan fingerprint density at radius 3 is 1.90 bits per heavy atom. The summed E-state index contributed by atoms with van der Waals surface area (Å²) in [6.07, 6.45) is 9.99. The summed E-state index contributed by atoms with van der Waals surface area (Å²) in [6, 6.07) is 2.68. The zero-order valence-corrected chi connectivity index (χ0v) is 17.0. The second-order valence-electron chi connectivity index (χ2n) is 7.53. The molecule has 0 fully saturated rings. The van der Waals surface area contributed by atoms with Crippen LogP contribution in [-0.2, 0) is 0 Å². The smallest absolute Gasteiger partial charge is 0.0713 e. The average molecular weight is 324 g/mol. The predicted octanol–water partition coefficient (Wildman–Crippen LogP) is 6.27. The lowest BCUT2D eigenvalue weighted by atomic mass is 10.1. The maximum atomic E-state index is 4.54. The van der Waals surface area contributed by atoms with Crippen LogP contribution in [0.25, 0.3) is 0 Å². The van der Waals surface area contributed by atoms with Crippen LogP contribution in [0.15, 0.2) is 29.5 Å². The molecule has 0 unspecified atom stereocenters. The molecular formula is C18H37NSi2. The SMILES string of the molecule is C=C[Si](C)(C)CCC=NCCCCCCC[Si](C)(C)C=C. The molecule has 3 heteroatoms. The zero-order valence-electron chi connectivity index (χ0n) is 15.0. The molecule has 0 aromatic rings. The number of rotatable bonds is 13. The van der Waals surface area contributed by atoms with E-state index in [0.29, 0.717) is 0 Å². The van der Waals surface area contributed by atoms with Crippen molar-refractivity contribution in [3.05, 3.63) is 24.6 Å². The number of hydrogen-bond donors (Lipinski definition) is 0. The van der Waals surface area contributed by atoms with Gasteiger partial charge in [-0.15, -0.1) is 24.6 Å².